The molecular formula is C14H16FN5O. The largest absolute Gasteiger partial charge is 0.367 e. The molecule has 0 N–H and O–H groups in total. The van der Waals surface area contributed by atoms with E-state index in [1.807, 2.05) is 4.90 Å². The van der Waals surface area contributed by atoms with Crippen LogP contribution in [-0.4, -0.2) is 40.9 Å². The summed E-state index contributed by atoms with van der Waals surface area (Å²) in [5.41, 5.74) is 0.701. The molecule has 0 bridgehead atoms. The summed E-state index contributed by atoms with van der Waals surface area (Å²) in [6, 6.07) is 6.39. The molecule has 0 saturated carbocycles. The first-order chi connectivity index (χ1) is 10.1. The lowest BCUT2D eigenvalue weighted by Gasteiger charge is -2.36. The van der Waals surface area contributed by atoms with E-state index in [2.05, 4.69) is 15.0 Å². The molecule has 110 valence electrons. The molecule has 3 heterocycles. The Morgan fingerprint density at radius 1 is 1.14 bits per heavy atom. The van der Waals surface area contributed by atoms with Gasteiger partial charge < -0.3 is 9.80 Å². The van der Waals surface area contributed by atoms with Crippen molar-refractivity contribution in [2.24, 2.45) is 7.05 Å². The first kappa shape index (κ1) is 13.5. The molecule has 6 nitrogen and oxygen atoms in total. The maximum Gasteiger partial charge on any atom is 0.268 e. The number of pyridine rings is 1. The Labute approximate surface area is 121 Å². The summed E-state index contributed by atoms with van der Waals surface area (Å²) in [7, 11) is 1.62. The molecule has 2 aromatic rings. The zero-order valence-corrected chi connectivity index (χ0v) is 11.7. The molecule has 0 aromatic carbocycles. The standard InChI is InChI=1S/C14H16FN5O/c1-18-14(21)9-11(10-16-18)19-5-7-20(8-6-19)13-4-2-3-12(15)17-13/h2-4,9-10H,5-8H2,1H3. The molecule has 2 aromatic heterocycles. The van der Waals surface area contributed by atoms with E-state index >= 15 is 0 Å². The second-order valence-electron chi connectivity index (χ2n) is 4.97. The van der Waals surface area contributed by atoms with Crippen LogP contribution in [-0.2, 0) is 7.05 Å². The van der Waals surface area contributed by atoms with Crippen LogP contribution in [0, 0.1) is 5.95 Å². The number of aryl methyl sites for hydroxylation is 1. The maximum atomic E-state index is 13.2. The summed E-state index contributed by atoms with van der Waals surface area (Å²) >= 11 is 0. The van der Waals surface area contributed by atoms with Crippen LogP contribution in [0.25, 0.3) is 0 Å². The lowest BCUT2D eigenvalue weighted by Crippen LogP contribution is -2.47. The van der Waals surface area contributed by atoms with Gasteiger partial charge in [-0.15, -0.1) is 0 Å². The molecule has 0 aliphatic carbocycles. The van der Waals surface area contributed by atoms with Gasteiger partial charge in [-0.2, -0.15) is 9.49 Å². The van der Waals surface area contributed by atoms with Gasteiger partial charge in [0.2, 0.25) is 5.95 Å². The molecule has 0 spiro atoms. The molecule has 21 heavy (non-hydrogen) atoms. The van der Waals surface area contributed by atoms with Gasteiger partial charge in [0.05, 0.1) is 11.9 Å². The van der Waals surface area contributed by atoms with Crippen molar-refractivity contribution in [1.29, 1.82) is 0 Å². The van der Waals surface area contributed by atoms with Crippen LogP contribution >= 0.6 is 0 Å². The maximum absolute atomic E-state index is 13.2. The Bertz CT molecular complexity index is 694. The van der Waals surface area contributed by atoms with E-state index in [1.54, 1.807) is 31.4 Å². The third-order valence-electron chi connectivity index (χ3n) is 3.62. The molecule has 0 amide bonds. The predicted molar refractivity (Wildman–Crippen MR) is 78.1 cm³/mol. The Balaban J connectivity index is 1.70. The van der Waals surface area contributed by atoms with E-state index in [9.17, 15) is 9.18 Å². The smallest absolute Gasteiger partial charge is 0.268 e. The van der Waals surface area contributed by atoms with E-state index in [0.29, 0.717) is 5.82 Å². The van der Waals surface area contributed by atoms with Crippen molar-refractivity contribution in [2.45, 2.75) is 0 Å². The summed E-state index contributed by atoms with van der Waals surface area (Å²) < 4.78 is 14.5. The lowest BCUT2D eigenvalue weighted by atomic mass is 10.2. The van der Waals surface area contributed by atoms with Gasteiger partial charge in [-0.3, -0.25) is 4.79 Å². The quantitative estimate of drug-likeness (QED) is 0.760. The van der Waals surface area contributed by atoms with Crippen LogP contribution in [0.2, 0.25) is 0 Å². The highest BCUT2D eigenvalue weighted by Crippen LogP contribution is 2.17. The van der Waals surface area contributed by atoms with Crippen molar-refractivity contribution in [3.63, 3.8) is 0 Å². The van der Waals surface area contributed by atoms with E-state index in [1.165, 1.54) is 10.7 Å². The average Bonchev–Trinajstić information content (AvgIpc) is 2.50. The van der Waals surface area contributed by atoms with Crippen LogP contribution in [0.5, 0.6) is 0 Å². The number of nitrogens with zero attached hydrogens (tertiary/aromatic N) is 5. The third-order valence-corrected chi connectivity index (χ3v) is 3.62. The second kappa shape index (κ2) is 5.51. The van der Waals surface area contributed by atoms with Crippen molar-refractivity contribution in [3.8, 4) is 0 Å². The molecule has 1 aliphatic heterocycles. The monoisotopic (exact) mass is 289 g/mol. The van der Waals surface area contributed by atoms with Gasteiger partial charge in [0.25, 0.3) is 5.56 Å². The molecule has 0 unspecified atom stereocenters. The first-order valence-electron chi connectivity index (χ1n) is 6.79. The minimum absolute atomic E-state index is 0.123. The summed E-state index contributed by atoms with van der Waals surface area (Å²) in [5.74, 6) is 0.183. The number of hydrogen-bond acceptors (Lipinski definition) is 5. The average molecular weight is 289 g/mol. The lowest BCUT2D eigenvalue weighted by molar-refractivity contribution is 0.574. The van der Waals surface area contributed by atoms with Gasteiger partial charge in [0.15, 0.2) is 0 Å². The second-order valence-corrected chi connectivity index (χ2v) is 4.97. The van der Waals surface area contributed by atoms with Crippen LogP contribution < -0.4 is 15.4 Å². The normalized spacial score (nSPS) is 15.3. The summed E-state index contributed by atoms with van der Waals surface area (Å²) in [6.45, 7) is 2.94. The number of hydrogen-bond donors (Lipinski definition) is 0. The molecule has 3 rings (SSSR count). The Hall–Kier alpha value is -2.44. The number of halogens is 1. The van der Waals surface area contributed by atoms with E-state index < -0.39 is 5.95 Å². The van der Waals surface area contributed by atoms with Crippen molar-refractivity contribution in [1.82, 2.24) is 14.8 Å². The Morgan fingerprint density at radius 2 is 1.86 bits per heavy atom. The van der Waals surface area contributed by atoms with Crippen molar-refractivity contribution >= 4 is 11.5 Å². The molecule has 1 saturated heterocycles. The zero-order chi connectivity index (χ0) is 14.8. The summed E-state index contributed by atoms with van der Waals surface area (Å²) in [6.07, 6.45) is 1.69. The summed E-state index contributed by atoms with van der Waals surface area (Å²) in [5, 5.41) is 4.03. The highest BCUT2D eigenvalue weighted by atomic mass is 19.1. The molecule has 0 radical (unpaired) electrons. The van der Waals surface area contributed by atoms with Crippen LogP contribution in [0.4, 0.5) is 15.9 Å². The SMILES string of the molecule is Cn1ncc(N2CCN(c3cccc(F)n3)CC2)cc1=O. The molecular weight excluding hydrogens is 273 g/mol. The molecule has 1 aliphatic rings. The van der Waals surface area contributed by atoms with Crippen molar-refractivity contribution in [3.05, 3.63) is 46.8 Å². The number of rotatable bonds is 2. The van der Waals surface area contributed by atoms with Crippen molar-refractivity contribution in [2.75, 3.05) is 36.0 Å². The fraction of sp³-hybridized carbons (Fsp3) is 0.357. The van der Waals surface area contributed by atoms with E-state index in [0.717, 1.165) is 31.9 Å². The van der Waals surface area contributed by atoms with Gasteiger partial charge in [0.1, 0.15) is 5.82 Å². The topological polar surface area (TPSA) is 54.3 Å². The van der Waals surface area contributed by atoms with Gasteiger partial charge in [-0.05, 0) is 12.1 Å². The minimum Gasteiger partial charge on any atom is -0.367 e. The molecule has 1 fully saturated rings. The van der Waals surface area contributed by atoms with Crippen molar-refractivity contribution < 1.29 is 4.39 Å². The number of piperazine rings is 1. The number of anilines is 2. The first-order valence-corrected chi connectivity index (χ1v) is 6.79. The van der Waals surface area contributed by atoms with Crippen LogP contribution in [0.3, 0.4) is 0 Å². The van der Waals surface area contributed by atoms with Gasteiger partial charge >= 0.3 is 0 Å². The Kier molecular flexibility index (Phi) is 3.55. The van der Waals surface area contributed by atoms with Gasteiger partial charge in [0, 0.05) is 39.3 Å². The minimum atomic E-state index is -0.467. The van der Waals surface area contributed by atoms with Crippen LogP contribution in [0.15, 0.2) is 35.3 Å². The van der Waals surface area contributed by atoms with Gasteiger partial charge in [-0.1, -0.05) is 6.07 Å². The molecule has 0 atom stereocenters. The third kappa shape index (κ3) is 2.86. The highest BCUT2D eigenvalue weighted by molar-refractivity contribution is 5.47. The van der Waals surface area contributed by atoms with E-state index in [-0.39, 0.29) is 5.56 Å². The summed E-state index contributed by atoms with van der Waals surface area (Å²) in [4.78, 5) is 19.7. The Morgan fingerprint density at radius 3 is 2.52 bits per heavy atom. The van der Waals surface area contributed by atoms with E-state index in [4.69, 9.17) is 0 Å². The predicted octanol–water partition coefficient (Wildman–Crippen LogP) is 0.641. The zero-order valence-electron chi connectivity index (χ0n) is 11.7. The molecule has 7 heteroatoms. The van der Waals surface area contributed by atoms with Gasteiger partial charge in [-0.25, -0.2) is 9.67 Å². The number of aromatic nitrogens is 3. The highest BCUT2D eigenvalue weighted by Gasteiger charge is 2.19. The fourth-order valence-electron chi connectivity index (χ4n) is 2.40. The van der Waals surface area contributed by atoms with Crippen LogP contribution in [0.1, 0.15) is 0 Å². The fourth-order valence-corrected chi connectivity index (χ4v) is 2.40.